The highest BCUT2D eigenvalue weighted by atomic mass is 35.5. The van der Waals surface area contributed by atoms with Gasteiger partial charge < -0.3 is 10.2 Å². The van der Waals surface area contributed by atoms with Gasteiger partial charge >= 0.3 is 0 Å². The average molecular weight is 319 g/mol. The summed E-state index contributed by atoms with van der Waals surface area (Å²) < 4.78 is 0. The quantitative estimate of drug-likeness (QED) is 0.918. The Balaban J connectivity index is 2.24. The van der Waals surface area contributed by atoms with Crippen LogP contribution in [0.3, 0.4) is 0 Å². The third-order valence-corrected chi connectivity index (χ3v) is 3.58. The van der Waals surface area contributed by atoms with Crippen LogP contribution < -0.4 is 10.2 Å². The van der Waals surface area contributed by atoms with E-state index in [1.165, 1.54) is 6.33 Å². The Hall–Kier alpha value is -2.14. The number of amides is 1. The summed E-state index contributed by atoms with van der Waals surface area (Å²) in [5.74, 6) is 0.306. The van der Waals surface area contributed by atoms with E-state index in [2.05, 4.69) is 15.3 Å². The summed E-state index contributed by atoms with van der Waals surface area (Å²) in [7, 11) is 3.73. The Labute approximate surface area is 135 Å². The normalized spacial score (nSPS) is 11.8. The molecule has 1 aromatic heterocycles. The van der Waals surface area contributed by atoms with Crippen molar-refractivity contribution in [2.45, 2.75) is 19.3 Å². The van der Waals surface area contributed by atoms with Crippen LogP contribution in [0.1, 0.15) is 24.8 Å². The summed E-state index contributed by atoms with van der Waals surface area (Å²) >= 11 is 6.02. The second-order valence-electron chi connectivity index (χ2n) is 5.16. The van der Waals surface area contributed by atoms with Gasteiger partial charge in [0.15, 0.2) is 5.82 Å². The Kier molecular flexibility index (Phi) is 5.33. The molecule has 0 aliphatic heterocycles. The SMILES string of the molecule is CCC(C(=O)Nc1cncnc1N(C)C)c1cccc(Cl)c1. The van der Waals surface area contributed by atoms with E-state index in [4.69, 9.17) is 11.6 Å². The van der Waals surface area contributed by atoms with Gasteiger partial charge in [0.2, 0.25) is 5.91 Å². The van der Waals surface area contributed by atoms with Gasteiger partial charge in [-0.25, -0.2) is 9.97 Å². The third kappa shape index (κ3) is 3.74. The number of aromatic nitrogens is 2. The molecule has 1 amide bonds. The largest absolute Gasteiger partial charge is 0.361 e. The molecular weight excluding hydrogens is 300 g/mol. The number of carbonyl (C=O) groups excluding carboxylic acids is 1. The molecule has 1 aromatic carbocycles. The average Bonchev–Trinajstić information content (AvgIpc) is 2.48. The molecule has 1 heterocycles. The number of hydrogen-bond acceptors (Lipinski definition) is 4. The summed E-state index contributed by atoms with van der Waals surface area (Å²) in [5.41, 5.74) is 1.49. The highest BCUT2D eigenvalue weighted by molar-refractivity contribution is 6.30. The van der Waals surface area contributed by atoms with Crippen molar-refractivity contribution in [1.82, 2.24) is 9.97 Å². The first-order valence-corrected chi connectivity index (χ1v) is 7.44. The molecule has 0 spiro atoms. The van der Waals surface area contributed by atoms with Gasteiger partial charge in [0.1, 0.15) is 12.0 Å². The van der Waals surface area contributed by atoms with Crippen LogP contribution in [0.2, 0.25) is 5.02 Å². The van der Waals surface area contributed by atoms with Gasteiger partial charge in [-0.3, -0.25) is 4.79 Å². The second kappa shape index (κ2) is 7.22. The molecule has 0 saturated heterocycles. The lowest BCUT2D eigenvalue weighted by atomic mass is 9.95. The zero-order valence-corrected chi connectivity index (χ0v) is 13.6. The Morgan fingerprint density at radius 3 is 2.82 bits per heavy atom. The lowest BCUT2D eigenvalue weighted by molar-refractivity contribution is -0.117. The maximum atomic E-state index is 12.6. The van der Waals surface area contributed by atoms with Gasteiger partial charge in [-0.1, -0.05) is 30.7 Å². The van der Waals surface area contributed by atoms with Crippen molar-refractivity contribution in [2.75, 3.05) is 24.3 Å². The van der Waals surface area contributed by atoms with E-state index in [1.54, 1.807) is 12.3 Å². The predicted molar refractivity (Wildman–Crippen MR) is 89.5 cm³/mol. The van der Waals surface area contributed by atoms with Crippen LogP contribution in [-0.2, 0) is 4.79 Å². The van der Waals surface area contributed by atoms with Gasteiger partial charge in [-0.2, -0.15) is 0 Å². The smallest absolute Gasteiger partial charge is 0.232 e. The van der Waals surface area contributed by atoms with Gasteiger partial charge in [0.25, 0.3) is 0 Å². The van der Waals surface area contributed by atoms with E-state index >= 15 is 0 Å². The first-order valence-electron chi connectivity index (χ1n) is 7.06. The van der Waals surface area contributed by atoms with Crippen LogP contribution in [-0.4, -0.2) is 30.0 Å². The molecule has 0 fully saturated rings. The van der Waals surface area contributed by atoms with Crippen LogP contribution in [0.4, 0.5) is 11.5 Å². The number of nitrogens with zero attached hydrogens (tertiary/aromatic N) is 3. The molecule has 0 aliphatic rings. The van der Waals surface area contributed by atoms with Crippen molar-refractivity contribution >= 4 is 29.0 Å². The maximum Gasteiger partial charge on any atom is 0.232 e. The Morgan fingerprint density at radius 1 is 1.41 bits per heavy atom. The van der Waals surface area contributed by atoms with Crippen molar-refractivity contribution in [3.63, 3.8) is 0 Å². The summed E-state index contributed by atoms with van der Waals surface area (Å²) in [6, 6.07) is 7.38. The molecule has 2 aromatic rings. The molecule has 0 bridgehead atoms. The number of hydrogen-bond donors (Lipinski definition) is 1. The molecule has 1 N–H and O–H groups in total. The molecule has 0 aliphatic carbocycles. The minimum atomic E-state index is -0.270. The van der Waals surface area contributed by atoms with E-state index in [9.17, 15) is 4.79 Å². The fraction of sp³-hybridized carbons (Fsp3) is 0.312. The summed E-state index contributed by atoms with van der Waals surface area (Å²) in [6.45, 7) is 1.97. The van der Waals surface area contributed by atoms with Crippen LogP contribution >= 0.6 is 11.6 Å². The molecule has 0 radical (unpaired) electrons. The van der Waals surface area contributed by atoms with Crippen LogP contribution in [0.25, 0.3) is 0 Å². The first-order chi connectivity index (χ1) is 10.5. The van der Waals surface area contributed by atoms with Crippen LogP contribution in [0.15, 0.2) is 36.8 Å². The molecule has 1 unspecified atom stereocenters. The van der Waals surface area contributed by atoms with Crippen molar-refractivity contribution in [1.29, 1.82) is 0 Å². The van der Waals surface area contributed by atoms with Gasteiger partial charge in [0, 0.05) is 19.1 Å². The molecule has 2 rings (SSSR count). The number of rotatable bonds is 5. The fourth-order valence-corrected chi connectivity index (χ4v) is 2.48. The van der Waals surface area contributed by atoms with Gasteiger partial charge in [-0.15, -0.1) is 0 Å². The number of benzene rings is 1. The highest BCUT2D eigenvalue weighted by Crippen LogP contribution is 2.26. The predicted octanol–water partition coefficient (Wildman–Crippen LogP) is 3.33. The Bertz CT molecular complexity index is 660. The number of nitrogens with one attached hydrogen (secondary N) is 1. The minimum Gasteiger partial charge on any atom is -0.361 e. The monoisotopic (exact) mass is 318 g/mol. The Morgan fingerprint density at radius 2 is 2.18 bits per heavy atom. The number of carbonyl (C=O) groups is 1. The summed E-state index contributed by atoms with van der Waals surface area (Å²) in [4.78, 5) is 22.6. The van der Waals surface area contributed by atoms with E-state index < -0.39 is 0 Å². The van der Waals surface area contributed by atoms with Crippen LogP contribution in [0.5, 0.6) is 0 Å². The molecule has 0 saturated carbocycles. The first kappa shape index (κ1) is 16.2. The van der Waals surface area contributed by atoms with E-state index in [-0.39, 0.29) is 11.8 Å². The molecule has 22 heavy (non-hydrogen) atoms. The van der Waals surface area contributed by atoms with E-state index in [0.717, 1.165) is 5.56 Å². The lowest BCUT2D eigenvalue weighted by Gasteiger charge is -2.19. The van der Waals surface area contributed by atoms with Crippen molar-refractivity contribution in [2.24, 2.45) is 0 Å². The standard InChI is InChI=1S/C16H19ClN4O/c1-4-13(11-6-5-7-12(17)8-11)16(22)20-14-9-18-10-19-15(14)21(2)3/h5-10,13H,4H2,1-3H3,(H,20,22). The summed E-state index contributed by atoms with van der Waals surface area (Å²) in [5, 5.41) is 3.54. The molecule has 5 nitrogen and oxygen atoms in total. The van der Waals surface area contributed by atoms with E-state index in [1.807, 2.05) is 44.1 Å². The zero-order valence-electron chi connectivity index (χ0n) is 12.9. The van der Waals surface area contributed by atoms with Gasteiger partial charge in [0.05, 0.1) is 12.1 Å². The molecule has 6 heteroatoms. The molecule has 1 atom stereocenters. The maximum absolute atomic E-state index is 12.6. The minimum absolute atomic E-state index is 0.0948. The summed E-state index contributed by atoms with van der Waals surface area (Å²) in [6.07, 6.45) is 3.74. The number of anilines is 2. The van der Waals surface area contributed by atoms with E-state index in [0.29, 0.717) is 22.9 Å². The highest BCUT2D eigenvalue weighted by Gasteiger charge is 2.20. The van der Waals surface area contributed by atoms with Crippen molar-refractivity contribution < 1.29 is 4.79 Å². The van der Waals surface area contributed by atoms with Crippen LogP contribution in [0, 0.1) is 0 Å². The van der Waals surface area contributed by atoms with Crippen molar-refractivity contribution in [3.8, 4) is 0 Å². The number of halogens is 1. The second-order valence-corrected chi connectivity index (χ2v) is 5.60. The third-order valence-electron chi connectivity index (χ3n) is 3.35. The fourth-order valence-electron chi connectivity index (χ4n) is 2.28. The lowest BCUT2D eigenvalue weighted by Crippen LogP contribution is -2.23. The van der Waals surface area contributed by atoms with Gasteiger partial charge in [-0.05, 0) is 24.1 Å². The van der Waals surface area contributed by atoms with Crippen molar-refractivity contribution in [3.05, 3.63) is 47.4 Å². The molecule has 116 valence electrons. The molecular formula is C16H19ClN4O. The topological polar surface area (TPSA) is 58.1 Å². The zero-order chi connectivity index (χ0) is 16.1.